The van der Waals surface area contributed by atoms with E-state index in [1.54, 1.807) is 0 Å². The number of aliphatic carboxylic acids is 1. The maximum atomic E-state index is 10.7. The van der Waals surface area contributed by atoms with Crippen molar-refractivity contribution in [3.63, 3.8) is 0 Å². The number of hydrogen-bond acceptors (Lipinski definition) is 3. The van der Waals surface area contributed by atoms with Crippen molar-refractivity contribution in [3.05, 3.63) is 11.5 Å². The lowest BCUT2D eigenvalue weighted by molar-refractivity contribution is -0.140. The van der Waals surface area contributed by atoms with Gasteiger partial charge >= 0.3 is 5.97 Å². The molecule has 1 saturated heterocycles. The monoisotopic (exact) mass is 189 g/mol. The lowest BCUT2D eigenvalue weighted by atomic mass is 9.96. The van der Waals surface area contributed by atoms with Crippen LogP contribution in [0.4, 0.5) is 0 Å². The van der Waals surface area contributed by atoms with Gasteiger partial charge in [0, 0.05) is 12.0 Å². The summed E-state index contributed by atoms with van der Waals surface area (Å²) in [5.74, 6) is 0.546. The summed E-state index contributed by atoms with van der Waals surface area (Å²) in [6.45, 7) is 0. The second kappa shape index (κ2) is 3.08. The zero-order valence-corrected chi connectivity index (χ0v) is 7.68. The lowest BCUT2D eigenvalue weighted by Crippen LogP contribution is -2.39. The largest absolute Gasteiger partial charge is 0.480 e. The number of carbonyl (C=O) groups is 1. The summed E-state index contributed by atoms with van der Waals surface area (Å²) in [7, 11) is 0. The third-order valence-electron chi connectivity index (χ3n) is 2.42. The second-order valence-corrected chi connectivity index (χ2v) is 4.48. The number of hydrazine groups is 1. The van der Waals surface area contributed by atoms with E-state index in [1.165, 1.54) is 0 Å². The second-order valence-electron chi connectivity index (χ2n) is 3.15. The van der Waals surface area contributed by atoms with Crippen LogP contribution in [-0.4, -0.2) is 28.9 Å². The average Bonchev–Trinajstić information content (AvgIpc) is 2.47. The van der Waals surface area contributed by atoms with E-state index in [1.807, 2.05) is 0 Å². The third kappa shape index (κ3) is 1.24. The first kappa shape index (κ1) is 8.10. The topological polar surface area (TPSA) is 61.4 Å². The molecule has 1 radical (unpaired) electrons. The van der Waals surface area contributed by atoms with Gasteiger partial charge in [-0.1, -0.05) is 11.5 Å². The van der Waals surface area contributed by atoms with Crippen LogP contribution in [-0.2, 0) is 4.79 Å². The van der Waals surface area contributed by atoms with Gasteiger partial charge in [0.25, 0.3) is 0 Å². The fraction of sp³-hybridized carbons (Fsp3) is 0.571. The summed E-state index contributed by atoms with van der Waals surface area (Å²) in [5.41, 5.74) is 5.80. The molecule has 0 aliphatic carbocycles. The standard InChI is InChI=1S/C7H13N2O2S/c10-7(11)6-4-3-12-2-1-5(4)8-9-6/h1-2,4-6,8-9H,3H2,12H3,(H,10,11). The zero-order chi connectivity index (χ0) is 8.55. The first-order chi connectivity index (χ1) is 5.79. The molecule has 2 aliphatic heterocycles. The van der Waals surface area contributed by atoms with E-state index in [9.17, 15) is 4.79 Å². The molecule has 3 unspecified atom stereocenters. The predicted octanol–water partition coefficient (Wildman–Crippen LogP) is -1.01. The molecule has 0 bridgehead atoms. The number of carboxylic acid groups (broad SMARTS) is 1. The number of carboxylic acids is 1. The molecule has 2 aliphatic rings. The number of nitrogens with one attached hydrogen (secondary N) is 2. The lowest BCUT2D eigenvalue weighted by Gasteiger charge is -2.22. The molecule has 12 heavy (non-hydrogen) atoms. The minimum absolute atomic E-state index is 0.229. The van der Waals surface area contributed by atoms with Gasteiger partial charge in [-0.3, -0.25) is 16.6 Å². The van der Waals surface area contributed by atoms with Crippen LogP contribution in [0.5, 0.6) is 0 Å². The maximum Gasteiger partial charge on any atom is 0.322 e. The molecule has 0 aromatic rings. The number of rotatable bonds is 1. The Morgan fingerprint density at radius 3 is 3.17 bits per heavy atom. The summed E-state index contributed by atoms with van der Waals surface area (Å²) in [6, 6.07) is -0.167. The highest BCUT2D eigenvalue weighted by Crippen LogP contribution is 2.26. The van der Waals surface area contributed by atoms with Crippen LogP contribution in [0.1, 0.15) is 0 Å². The van der Waals surface area contributed by atoms with E-state index in [2.05, 4.69) is 22.3 Å². The molecule has 1 fully saturated rings. The fourth-order valence-corrected chi connectivity index (χ4v) is 3.19. The molecular weight excluding hydrogens is 176 g/mol. The van der Waals surface area contributed by atoms with E-state index in [0.29, 0.717) is 11.8 Å². The minimum Gasteiger partial charge on any atom is -0.480 e. The van der Waals surface area contributed by atoms with Crippen LogP contribution in [0, 0.1) is 5.92 Å². The van der Waals surface area contributed by atoms with Crippen molar-refractivity contribution in [1.82, 2.24) is 10.9 Å². The SMILES string of the molecule is O=C(O)C1NNC2C=C[SH3]CC21. The van der Waals surface area contributed by atoms with Crippen LogP contribution in [0.15, 0.2) is 11.5 Å². The van der Waals surface area contributed by atoms with Gasteiger partial charge in [-0.15, -0.1) is 0 Å². The first-order valence-corrected chi connectivity index (χ1v) is 5.51. The van der Waals surface area contributed by atoms with Crippen LogP contribution >= 0.6 is 11.8 Å². The van der Waals surface area contributed by atoms with Crippen LogP contribution in [0.2, 0.25) is 0 Å². The first-order valence-electron chi connectivity index (χ1n) is 4.03. The van der Waals surface area contributed by atoms with E-state index < -0.39 is 12.0 Å². The molecular formula is C7H13N2O2S. The number of hydrogen-bond donors (Lipinski definition) is 3. The number of fused-ring (bicyclic) bond motifs is 1. The van der Waals surface area contributed by atoms with E-state index in [-0.39, 0.29) is 12.0 Å². The Balaban J connectivity index is 2.13. The van der Waals surface area contributed by atoms with Crippen molar-refractivity contribution in [2.75, 3.05) is 5.75 Å². The highest BCUT2D eigenvalue weighted by Gasteiger charge is 2.39. The Kier molecular flexibility index (Phi) is 2.08. The average molecular weight is 189 g/mol. The van der Waals surface area contributed by atoms with Gasteiger partial charge in [0.2, 0.25) is 0 Å². The minimum atomic E-state index is -0.746. The summed E-state index contributed by atoms with van der Waals surface area (Å²) in [4.78, 5) is 10.7. The molecule has 5 heteroatoms. The Morgan fingerprint density at radius 2 is 2.42 bits per heavy atom. The van der Waals surface area contributed by atoms with Crippen LogP contribution < -0.4 is 10.9 Å². The summed E-state index contributed by atoms with van der Waals surface area (Å²) in [5, 5.41) is 11.0. The summed E-state index contributed by atoms with van der Waals surface area (Å²) >= 11 is 0.320. The van der Waals surface area contributed by atoms with Crippen LogP contribution in [0.3, 0.4) is 0 Å². The van der Waals surface area contributed by atoms with Gasteiger partial charge in [-0.05, 0) is 5.75 Å². The van der Waals surface area contributed by atoms with E-state index in [4.69, 9.17) is 5.11 Å². The van der Waals surface area contributed by atoms with Crippen molar-refractivity contribution >= 4 is 17.7 Å². The highest BCUT2D eigenvalue weighted by molar-refractivity contribution is 8.02. The molecule has 4 nitrogen and oxygen atoms in total. The van der Waals surface area contributed by atoms with Gasteiger partial charge in [0.15, 0.2) is 0 Å². The fourth-order valence-electron chi connectivity index (χ4n) is 1.76. The Bertz CT molecular complexity index is 231. The smallest absolute Gasteiger partial charge is 0.322 e. The molecule has 3 atom stereocenters. The summed E-state index contributed by atoms with van der Waals surface area (Å²) < 4.78 is 0. The van der Waals surface area contributed by atoms with Crippen molar-refractivity contribution in [2.45, 2.75) is 12.1 Å². The Labute approximate surface area is 74.4 Å². The predicted molar refractivity (Wildman–Crippen MR) is 50.8 cm³/mol. The maximum absolute atomic E-state index is 10.7. The van der Waals surface area contributed by atoms with Crippen molar-refractivity contribution in [3.8, 4) is 0 Å². The summed E-state index contributed by atoms with van der Waals surface area (Å²) in [6.07, 6.45) is 2.08. The zero-order valence-electron chi connectivity index (χ0n) is 6.53. The van der Waals surface area contributed by atoms with E-state index in [0.717, 1.165) is 5.75 Å². The molecule has 0 spiro atoms. The van der Waals surface area contributed by atoms with Crippen molar-refractivity contribution < 1.29 is 9.90 Å². The molecule has 2 heterocycles. The molecule has 0 saturated carbocycles. The van der Waals surface area contributed by atoms with Gasteiger partial charge in [0.05, 0.1) is 0 Å². The normalized spacial score (nSPS) is 40.2. The third-order valence-corrected chi connectivity index (χ3v) is 3.73. The Hall–Kier alpha value is -0.520. The van der Waals surface area contributed by atoms with Gasteiger partial charge in [0.1, 0.15) is 6.04 Å². The van der Waals surface area contributed by atoms with Gasteiger partial charge < -0.3 is 5.11 Å². The van der Waals surface area contributed by atoms with Crippen LogP contribution in [0.25, 0.3) is 0 Å². The van der Waals surface area contributed by atoms with Crippen molar-refractivity contribution in [2.24, 2.45) is 5.92 Å². The molecule has 0 aromatic carbocycles. The van der Waals surface area contributed by atoms with Gasteiger partial charge in [-0.2, -0.15) is 0 Å². The van der Waals surface area contributed by atoms with E-state index >= 15 is 0 Å². The molecule has 0 amide bonds. The van der Waals surface area contributed by atoms with Crippen molar-refractivity contribution in [1.29, 1.82) is 0 Å². The molecule has 3 N–H and O–H groups in total. The Morgan fingerprint density at radius 1 is 1.58 bits per heavy atom. The highest BCUT2D eigenvalue weighted by atomic mass is 32.2. The molecule has 69 valence electrons. The van der Waals surface area contributed by atoms with Gasteiger partial charge in [-0.25, -0.2) is 10.9 Å². The quantitative estimate of drug-likeness (QED) is 0.494. The molecule has 0 aromatic heterocycles. The molecule has 2 rings (SSSR count).